The van der Waals surface area contributed by atoms with Crippen molar-refractivity contribution >= 4 is 0 Å². The summed E-state index contributed by atoms with van der Waals surface area (Å²) in [5.74, 6) is 4.34. The smallest absolute Gasteiger partial charge is 0.131 e. The van der Waals surface area contributed by atoms with Crippen LogP contribution in [0.25, 0.3) is 0 Å². The zero-order valence-corrected chi connectivity index (χ0v) is 19.8. The number of nitrogens with zero attached hydrogens (tertiary/aromatic N) is 2. The van der Waals surface area contributed by atoms with Crippen LogP contribution in [-0.4, -0.2) is 9.97 Å². The number of allylic oxidation sites excluding steroid dienone is 2. The van der Waals surface area contributed by atoms with Gasteiger partial charge in [-0.25, -0.2) is 9.97 Å². The lowest BCUT2D eigenvalue weighted by atomic mass is 9.78. The SMILES string of the molecule is CCCCCc1cnc(C2CCC(/C=C/C3CCC(CCCCC)CC3)CC2)nc1. The molecule has 1 aromatic heterocycles. The van der Waals surface area contributed by atoms with Gasteiger partial charge in [0.2, 0.25) is 0 Å². The minimum absolute atomic E-state index is 0.581. The van der Waals surface area contributed by atoms with Gasteiger partial charge in [0.05, 0.1) is 0 Å². The molecule has 0 atom stereocenters. The van der Waals surface area contributed by atoms with Gasteiger partial charge in [-0.3, -0.25) is 0 Å². The summed E-state index contributed by atoms with van der Waals surface area (Å²) < 4.78 is 0. The van der Waals surface area contributed by atoms with E-state index >= 15 is 0 Å². The van der Waals surface area contributed by atoms with E-state index in [0.717, 1.165) is 30.0 Å². The molecule has 0 spiro atoms. The van der Waals surface area contributed by atoms with Crippen LogP contribution in [-0.2, 0) is 6.42 Å². The number of aryl methyl sites for hydroxylation is 1. The average molecular weight is 411 g/mol. The van der Waals surface area contributed by atoms with Crippen LogP contribution >= 0.6 is 0 Å². The van der Waals surface area contributed by atoms with Crippen molar-refractivity contribution in [3.8, 4) is 0 Å². The van der Waals surface area contributed by atoms with Gasteiger partial charge in [-0.1, -0.05) is 64.5 Å². The van der Waals surface area contributed by atoms with Crippen LogP contribution in [0.15, 0.2) is 24.5 Å². The Morgan fingerprint density at radius 1 is 0.733 bits per heavy atom. The summed E-state index contributed by atoms with van der Waals surface area (Å²) in [6.45, 7) is 4.57. The van der Waals surface area contributed by atoms with Crippen molar-refractivity contribution in [1.29, 1.82) is 0 Å². The molecule has 1 heterocycles. The van der Waals surface area contributed by atoms with Crippen LogP contribution in [0.1, 0.15) is 127 Å². The minimum atomic E-state index is 0.581. The minimum Gasteiger partial charge on any atom is -0.241 e. The van der Waals surface area contributed by atoms with E-state index in [0.29, 0.717) is 5.92 Å². The highest BCUT2D eigenvalue weighted by Crippen LogP contribution is 2.37. The second-order valence-corrected chi connectivity index (χ2v) is 10.2. The summed E-state index contributed by atoms with van der Waals surface area (Å²) in [6, 6.07) is 0. The number of hydrogen-bond acceptors (Lipinski definition) is 2. The highest BCUT2D eigenvalue weighted by Gasteiger charge is 2.24. The van der Waals surface area contributed by atoms with Crippen molar-refractivity contribution in [1.82, 2.24) is 9.97 Å². The van der Waals surface area contributed by atoms with E-state index in [1.807, 2.05) is 0 Å². The monoisotopic (exact) mass is 410 g/mol. The predicted molar refractivity (Wildman–Crippen MR) is 129 cm³/mol. The molecule has 2 saturated carbocycles. The molecule has 2 aliphatic carbocycles. The van der Waals surface area contributed by atoms with Crippen LogP contribution in [0.5, 0.6) is 0 Å². The first kappa shape index (κ1) is 23.5. The van der Waals surface area contributed by atoms with Crippen molar-refractivity contribution in [3.05, 3.63) is 35.9 Å². The summed E-state index contributed by atoms with van der Waals surface area (Å²) in [6.07, 6.45) is 31.0. The molecular weight excluding hydrogens is 364 g/mol. The third kappa shape index (κ3) is 7.82. The topological polar surface area (TPSA) is 25.8 Å². The Bertz CT molecular complexity index is 590. The van der Waals surface area contributed by atoms with Gasteiger partial charge in [0.25, 0.3) is 0 Å². The van der Waals surface area contributed by atoms with E-state index in [1.54, 1.807) is 0 Å². The highest BCUT2D eigenvalue weighted by atomic mass is 14.9. The van der Waals surface area contributed by atoms with Crippen LogP contribution < -0.4 is 0 Å². The van der Waals surface area contributed by atoms with Crippen molar-refractivity contribution in [2.45, 2.75) is 122 Å². The Kier molecular flexibility index (Phi) is 10.4. The Morgan fingerprint density at radius 3 is 1.90 bits per heavy atom. The lowest BCUT2D eigenvalue weighted by Crippen LogP contribution is -2.15. The van der Waals surface area contributed by atoms with Gasteiger partial charge in [0.1, 0.15) is 5.82 Å². The molecular formula is C28H46N2. The maximum Gasteiger partial charge on any atom is 0.131 e. The van der Waals surface area contributed by atoms with Crippen molar-refractivity contribution in [3.63, 3.8) is 0 Å². The van der Waals surface area contributed by atoms with Crippen LogP contribution in [0.3, 0.4) is 0 Å². The second-order valence-electron chi connectivity index (χ2n) is 10.2. The molecule has 0 unspecified atom stereocenters. The first-order valence-electron chi connectivity index (χ1n) is 13.3. The summed E-state index contributed by atoms with van der Waals surface area (Å²) >= 11 is 0. The second kappa shape index (κ2) is 13.3. The zero-order chi connectivity index (χ0) is 21.0. The predicted octanol–water partition coefficient (Wildman–Crippen LogP) is 8.43. The van der Waals surface area contributed by atoms with Gasteiger partial charge in [-0.15, -0.1) is 0 Å². The molecule has 0 radical (unpaired) electrons. The van der Waals surface area contributed by atoms with Crippen molar-refractivity contribution in [2.24, 2.45) is 17.8 Å². The fourth-order valence-corrected chi connectivity index (χ4v) is 5.52. The van der Waals surface area contributed by atoms with Gasteiger partial charge in [0.15, 0.2) is 0 Å². The van der Waals surface area contributed by atoms with Gasteiger partial charge in [-0.05, 0) is 87.5 Å². The van der Waals surface area contributed by atoms with E-state index < -0.39 is 0 Å². The molecule has 2 aliphatic rings. The molecule has 0 aliphatic heterocycles. The molecule has 3 rings (SSSR count). The summed E-state index contributed by atoms with van der Waals surface area (Å²) in [5.41, 5.74) is 1.31. The number of aromatic nitrogens is 2. The third-order valence-corrected chi connectivity index (χ3v) is 7.69. The quantitative estimate of drug-likeness (QED) is 0.270. The third-order valence-electron chi connectivity index (χ3n) is 7.69. The number of rotatable bonds is 11. The molecule has 2 nitrogen and oxygen atoms in total. The average Bonchev–Trinajstić information content (AvgIpc) is 2.80. The van der Waals surface area contributed by atoms with Crippen LogP contribution in [0, 0.1) is 17.8 Å². The van der Waals surface area contributed by atoms with Gasteiger partial charge < -0.3 is 0 Å². The molecule has 0 aromatic carbocycles. The van der Waals surface area contributed by atoms with E-state index in [9.17, 15) is 0 Å². The van der Waals surface area contributed by atoms with Gasteiger partial charge in [0, 0.05) is 18.3 Å². The van der Waals surface area contributed by atoms with E-state index in [-0.39, 0.29) is 0 Å². The highest BCUT2D eigenvalue weighted by molar-refractivity contribution is 5.09. The van der Waals surface area contributed by atoms with E-state index in [4.69, 9.17) is 9.97 Å². The molecule has 168 valence electrons. The van der Waals surface area contributed by atoms with Crippen LogP contribution in [0.4, 0.5) is 0 Å². The van der Waals surface area contributed by atoms with Gasteiger partial charge >= 0.3 is 0 Å². The maximum absolute atomic E-state index is 4.73. The number of unbranched alkanes of at least 4 members (excludes halogenated alkanes) is 4. The van der Waals surface area contributed by atoms with Gasteiger partial charge in [-0.2, -0.15) is 0 Å². The molecule has 0 N–H and O–H groups in total. The first-order valence-corrected chi connectivity index (χ1v) is 13.3. The largest absolute Gasteiger partial charge is 0.241 e. The first-order chi connectivity index (χ1) is 14.8. The lowest BCUT2D eigenvalue weighted by molar-refractivity contribution is 0.287. The Morgan fingerprint density at radius 2 is 1.30 bits per heavy atom. The fraction of sp³-hybridized carbons (Fsp3) is 0.786. The Balaban J connectivity index is 1.34. The molecule has 0 amide bonds. The van der Waals surface area contributed by atoms with E-state index in [2.05, 4.69) is 38.4 Å². The van der Waals surface area contributed by atoms with Crippen LogP contribution in [0.2, 0.25) is 0 Å². The fourth-order valence-electron chi connectivity index (χ4n) is 5.52. The zero-order valence-electron chi connectivity index (χ0n) is 19.8. The maximum atomic E-state index is 4.73. The molecule has 2 heteroatoms. The molecule has 0 bridgehead atoms. The molecule has 1 aromatic rings. The number of hydrogen-bond donors (Lipinski definition) is 0. The summed E-state index contributed by atoms with van der Waals surface area (Å²) in [5, 5.41) is 0. The normalized spacial score (nSPS) is 27.5. The van der Waals surface area contributed by atoms with Crippen molar-refractivity contribution in [2.75, 3.05) is 0 Å². The molecule has 2 fully saturated rings. The summed E-state index contributed by atoms with van der Waals surface area (Å²) in [7, 11) is 0. The lowest BCUT2D eigenvalue weighted by Gasteiger charge is -2.28. The van der Waals surface area contributed by atoms with Crippen molar-refractivity contribution < 1.29 is 0 Å². The molecule has 0 saturated heterocycles. The summed E-state index contributed by atoms with van der Waals surface area (Å²) in [4.78, 5) is 9.46. The Hall–Kier alpha value is -1.18. The standard InChI is InChI=1S/C28H46N2/c1-3-5-7-9-23-11-13-24(14-12-23)15-16-25-17-19-27(20-18-25)28-29-21-26(22-30-28)10-8-6-4-2/h15-16,21-25,27H,3-14,17-20H2,1-2H3/b16-15+. The molecule has 30 heavy (non-hydrogen) atoms. The van der Waals surface area contributed by atoms with E-state index in [1.165, 1.54) is 102 Å². The Labute approximate surface area is 186 Å².